The highest BCUT2D eigenvalue weighted by molar-refractivity contribution is 14.0. The van der Waals surface area contributed by atoms with Crippen LogP contribution in [0.15, 0.2) is 4.99 Å². The zero-order valence-corrected chi connectivity index (χ0v) is 17.8. The number of rotatable bonds is 10. The van der Waals surface area contributed by atoms with Gasteiger partial charge in [-0.2, -0.15) is 0 Å². The molecule has 138 valence electrons. The highest BCUT2D eigenvalue weighted by Gasteiger charge is 2.15. The molecule has 1 aliphatic rings. The molecule has 0 saturated carbocycles. The first kappa shape index (κ1) is 22.9. The molecular formula is C17H37IN4O. The molecule has 1 rings (SSSR count). The normalized spacial score (nSPS) is 19.5. The summed E-state index contributed by atoms with van der Waals surface area (Å²) in [5.74, 6) is 0.924. The average molecular weight is 440 g/mol. The van der Waals surface area contributed by atoms with Gasteiger partial charge in [-0.1, -0.05) is 13.8 Å². The lowest BCUT2D eigenvalue weighted by molar-refractivity contribution is 0.117. The lowest BCUT2D eigenvalue weighted by Crippen LogP contribution is -2.43. The molecule has 1 saturated heterocycles. The minimum atomic E-state index is 0. The molecule has 1 heterocycles. The predicted octanol–water partition coefficient (Wildman–Crippen LogP) is 2.85. The van der Waals surface area contributed by atoms with Crippen molar-refractivity contribution in [1.82, 2.24) is 15.5 Å². The fraction of sp³-hybridized carbons (Fsp3) is 0.941. The molecule has 0 amide bonds. The van der Waals surface area contributed by atoms with E-state index in [1.54, 1.807) is 0 Å². The molecule has 0 radical (unpaired) electrons. The molecule has 2 atom stereocenters. The molecule has 0 aromatic carbocycles. The van der Waals surface area contributed by atoms with Gasteiger partial charge < -0.3 is 20.3 Å². The van der Waals surface area contributed by atoms with E-state index in [9.17, 15) is 0 Å². The standard InChI is InChI=1S/C17H36N4O.HI/c1-5-18-17(19-14-16-11-9-13-22-16)20-15(4)10-8-12-21(6-2)7-3;/h15-16H,5-14H2,1-4H3,(H2,18,19,20);1H. The van der Waals surface area contributed by atoms with E-state index in [4.69, 9.17) is 4.74 Å². The van der Waals surface area contributed by atoms with Crippen molar-refractivity contribution in [3.05, 3.63) is 0 Å². The van der Waals surface area contributed by atoms with Gasteiger partial charge in [-0.05, 0) is 59.2 Å². The van der Waals surface area contributed by atoms with Crippen LogP contribution in [0.5, 0.6) is 0 Å². The van der Waals surface area contributed by atoms with Gasteiger partial charge in [0.05, 0.1) is 12.6 Å². The summed E-state index contributed by atoms with van der Waals surface area (Å²) in [6, 6.07) is 0.442. The SMILES string of the molecule is CCNC(=NCC1CCCO1)NC(C)CCCN(CC)CC.I. The predicted molar refractivity (Wildman–Crippen MR) is 110 cm³/mol. The van der Waals surface area contributed by atoms with Crippen molar-refractivity contribution in [2.45, 2.75) is 65.5 Å². The number of ether oxygens (including phenoxy) is 1. The Hall–Kier alpha value is -0.0800. The molecule has 1 aliphatic heterocycles. The fourth-order valence-electron chi connectivity index (χ4n) is 2.77. The van der Waals surface area contributed by atoms with Gasteiger partial charge in [-0.25, -0.2) is 0 Å². The molecule has 0 spiro atoms. The number of nitrogens with zero attached hydrogens (tertiary/aromatic N) is 2. The first-order valence-electron chi connectivity index (χ1n) is 9.08. The largest absolute Gasteiger partial charge is 0.376 e. The second-order valence-electron chi connectivity index (χ2n) is 6.07. The van der Waals surface area contributed by atoms with Crippen LogP contribution in [0.4, 0.5) is 0 Å². The second kappa shape index (κ2) is 14.3. The lowest BCUT2D eigenvalue weighted by Gasteiger charge is -2.21. The van der Waals surface area contributed by atoms with Gasteiger partial charge >= 0.3 is 0 Å². The van der Waals surface area contributed by atoms with Gasteiger partial charge in [0.25, 0.3) is 0 Å². The molecular weight excluding hydrogens is 403 g/mol. The van der Waals surface area contributed by atoms with Gasteiger partial charge in [0.15, 0.2) is 5.96 Å². The van der Waals surface area contributed by atoms with E-state index < -0.39 is 0 Å². The maximum atomic E-state index is 5.63. The quantitative estimate of drug-likeness (QED) is 0.312. The van der Waals surface area contributed by atoms with E-state index in [1.807, 2.05) is 0 Å². The third-order valence-corrected chi connectivity index (χ3v) is 4.21. The van der Waals surface area contributed by atoms with Crippen LogP contribution in [0.25, 0.3) is 0 Å². The zero-order valence-electron chi connectivity index (χ0n) is 15.4. The van der Waals surface area contributed by atoms with Crippen LogP contribution in [-0.2, 0) is 4.74 Å². The van der Waals surface area contributed by atoms with Crippen molar-refractivity contribution in [2.24, 2.45) is 4.99 Å². The number of nitrogens with one attached hydrogen (secondary N) is 2. The summed E-state index contributed by atoms with van der Waals surface area (Å²) in [7, 11) is 0. The first-order valence-corrected chi connectivity index (χ1v) is 9.08. The summed E-state index contributed by atoms with van der Waals surface area (Å²) < 4.78 is 5.63. The molecule has 2 unspecified atom stereocenters. The molecule has 5 nitrogen and oxygen atoms in total. The van der Waals surface area contributed by atoms with Crippen LogP contribution in [0.3, 0.4) is 0 Å². The van der Waals surface area contributed by atoms with Gasteiger partial charge in [-0.15, -0.1) is 24.0 Å². The first-order chi connectivity index (χ1) is 10.7. The van der Waals surface area contributed by atoms with Gasteiger partial charge in [-0.3, -0.25) is 4.99 Å². The Morgan fingerprint density at radius 1 is 1.30 bits per heavy atom. The summed E-state index contributed by atoms with van der Waals surface area (Å²) in [5, 5.41) is 6.85. The summed E-state index contributed by atoms with van der Waals surface area (Å²) >= 11 is 0. The van der Waals surface area contributed by atoms with E-state index in [-0.39, 0.29) is 24.0 Å². The molecule has 0 bridgehead atoms. The molecule has 0 aromatic rings. The third kappa shape index (κ3) is 10.4. The van der Waals surface area contributed by atoms with Crippen LogP contribution >= 0.6 is 24.0 Å². The number of halogens is 1. The maximum absolute atomic E-state index is 5.63. The van der Waals surface area contributed by atoms with E-state index in [0.717, 1.165) is 45.2 Å². The number of guanidine groups is 1. The number of hydrogen-bond acceptors (Lipinski definition) is 3. The topological polar surface area (TPSA) is 48.9 Å². The Kier molecular flexibility index (Phi) is 14.2. The molecule has 1 fully saturated rings. The summed E-state index contributed by atoms with van der Waals surface area (Å²) in [5.41, 5.74) is 0. The molecule has 0 aliphatic carbocycles. The zero-order chi connectivity index (χ0) is 16.2. The molecule has 23 heavy (non-hydrogen) atoms. The number of aliphatic imine (C=N–C) groups is 1. The van der Waals surface area contributed by atoms with Crippen molar-refractivity contribution < 1.29 is 4.74 Å². The monoisotopic (exact) mass is 440 g/mol. The number of hydrogen-bond donors (Lipinski definition) is 2. The van der Waals surface area contributed by atoms with Crippen molar-refractivity contribution in [3.8, 4) is 0 Å². The van der Waals surface area contributed by atoms with E-state index >= 15 is 0 Å². The van der Waals surface area contributed by atoms with Crippen LogP contribution in [-0.4, -0.2) is 62.3 Å². The van der Waals surface area contributed by atoms with Gasteiger partial charge in [0.1, 0.15) is 0 Å². The van der Waals surface area contributed by atoms with Crippen molar-refractivity contribution in [3.63, 3.8) is 0 Å². The molecule has 2 N–H and O–H groups in total. The minimum Gasteiger partial charge on any atom is -0.376 e. The van der Waals surface area contributed by atoms with Gasteiger partial charge in [0.2, 0.25) is 0 Å². The van der Waals surface area contributed by atoms with E-state index in [2.05, 4.69) is 48.2 Å². The Labute approximate surface area is 160 Å². The van der Waals surface area contributed by atoms with Crippen molar-refractivity contribution in [1.29, 1.82) is 0 Å². The van der Waals surface area contributed by atoms with Crippen LogP contribution in [0, 0.1) is 0 Å². The van der Waals surface area contributed by atoms with Crippen LogP contribution in [0.1, 0.15) is 53.4 Å². The smallest absolute Gasteiger partial charge is 0.191 e. The van der Waals surface area contributed by atoms with E-state index in [0.29, 0.717) is 12.1 Å². The Morgan fingerprint density at radius 3 is 2.61 bits per heavy atom. The minimum absolute atomic E-state index is 0. The van der Waals surface area contributed by atoms with Crippen molar-refractivity contribution in [2.75, 3.05) is 39.3 Å². The highest BCUT2D eigenvalue weighted by atomic mass is 127. The Bertz CT molecular complexity index is 305. The Morgan fingerprint density at radius 2 is 2.04 bits per heavy atom. The van der Waals surface area contributed by atoms with Crippen LogP contribution < -0.4 is 10.6 Å². The third-order valence-electron chi connectivity index (χ3n) is 4.21. The van der Waals surface area contributed by atoms with E-state index in [1.165, 1.54) is 25.8 Å². The summed E-state index contributed by atoms with van der Waals surface area (Å²) in [6.45, 7) is 14.8. The summed E-state index contributed by atoms with van der Waals surface area (Å²) in [6.07, 6.45) is 5.02. The molecule has 6 heteroatoms. The van der Waals surface area contributed by atoms with Crippen molar-refractivity contribution >= 4 is 29.9 Å². The Balaban J connectivity index is 0.00000484. The lowest BCUT2D eigenvalue weighted by atomic mass is 10.2. The summed E-state index contributed by atoms with van der Waals surface area (Å²) in [4.78, 5) is 7.15. The highest BCUT2D eigenvalue weighted by Crippen LogP contribution is 2.11. The van der Waals surface area contributed by atoms with Gasteiger partial charge in [0, 0.05) is 19.2 Å². The second-order valence-corrected chi connectivity index (χ2v) is 6.07. The average Bonchev–Trinajstić information content (AvgIpc) is 3.03. The molecule has 0 aromatic heterocycles. The maximum Gasteiger partial charge on any atom is 0.191 e. The van der Waals surface area contributed by atoms with Crippen LogP contribution in [0.2, 0.25) is 0 Å². The fourth-order valence-corrected chi connectivity index (χ4v) is 2.77.